The average molecular weight is 244 g/mol. The van der Waals surface area contributed by atoms with E-state index in [0.717, 1.165) is 14.1 Å². The van der Waals surface area contributed by atoms with Crippen LogP contribution in [0.25, 0.3) is 10.8 Å². The number of hydrogen-bond acceptors (Lipinski definition) is 0. The number of fused-ring (bicyclic) bond motifs is 1. The van der Waals surface area contributed by atoms with Gasteiger partial charge in [-0.3, -0.25) is 0 Å². The summed E-state index contributed by atoms with van der Waals surface area (Å²) in [5.74, 6) is 3.33. The molecule has 0 bridgehead atoms. The summed E-state index contributed by atoms with van der Waals surface area (Å²) in [6, 6.07) is 8.98. The standard InChI is InChI=1S/C16H21P/c1-2-4-8-13(9-5-3-1)16-15-11-7-6-10-14(15)12-17-16/h6-7,10-13,17H,1-5,8-9H2. The Morgan fingerprint density at radius 3 is 2.41 bits per heavy atom. The topological polar surface area (TPSA) is 0 Å². The number of rotatable bonds is 1. The molecule has 1 aromatic heterocycles. The van der Waals surface area contributed by atoms with E-state index in [1.54, 1.807) is 10.7 Å². The fourth-order valence-corrected chi connectivity index (χ4v) is 4.65. The Balaban J connectivity index is 1.90. The second kappa shape index (κ2) is 5.27. The van der Waals surface area contributed by atoms with E-state index in [9.17, 15) is 0 Å². The summed E-state index contributed by atoms with van der Waals surface area (Å²) in [5, 5.41) is 4.82. The molecule has 1 saturated carbocycles. The monoisotopic (exact) mass is 244 g/mol. The third-order valence-corrected chi connectivity index (χ3v) is 5.59. The van der Waals surface area contributed by atoms with Crippen molar-refractivity contribution in [2.45, 2.75) is 50.9 Å². The van der Waals surface area contributed by atoms with Crippen LogP contribution in [0.15, 0.2) is 30.1 Å². The van der Waals surface area contributed by atoms with Gasteiger partial charge in [-0.15, -0.1) is 8.19 Å². The molecule has 0 aliphatic heterocycles. The van der Waals surface area contributed by atoms with Crippen molar-refractivity contribution in [1.82, 2.24) is 0 Å². The van der Waals surface area contributed by atoms with Crippen LogP contribution in [0.2, 0.25) is 0 Å². The summed E-state index contributed by atoms with van der Waals surface area (Å²) < 4.78 is 0. The van der Waals surface area contributed by atoms with Gasteiger partial charge in [0.1, 0.15) is 0 Å². The van der Waals surface area contributed by atoms with Gasteiger partial charge < -0.3 is 0 Å². The molecule has 0 spiro atoms. The zero-order chi connectivity index (χ0) is 11.5. The van der Waals surface area contributed by atoms with Crippen LogP contribution >= 0.6 is 8.19 Å². The second-order valence-electron chi connectivity index (χ2n) is 5.33. The van der Waals surface area contributed by atoms with Crippen LogP contribution in [0, 0.1) is 0 Å². The minimum absolute atomic E-state index is 0.883. The first-order valence-electron chi connectivity index (χ1n) is 7.01. The SMILES string of the molecule is c1ccc2c(C3CCCCCCC3)[pH]cc2c1. The van der Waals surface area contributed by atoms with Gasteiger partial charge in [0.15, 0.2) is 0 Å². The summed E-state index contributed by atoms with van der Waals surface area (Å²) in [6.07, 6.45) is 10.1. The van der Waals surface area contributed by atoms with Gasteiger partial charge in [0.25, 0.3) is 0 Å². The molecule has 1 heteroatoms. The first-order chi connectivity index (χ1) is 8.45. The molecule has 1 atom stereocenters. The van der Waals surface area contributed by atoms with Crippen molar-refractivity contribution < 1.29 is 0 Å². The van der Waals surface area contributed by atoms with Crippen LogP contribution in [0.4, 0.5) is 0 Å². The van der Waals surface area contributed by atoms with Gasteiger partial charge >= 0.3 is 0 Å². The average Bonchev–Trinajstić information content (AvgIpc) is 2.73. The fraction of sp³-hybridized carbons (Fsp3) is 0.500. The van der Waals surface area contributed by atoms with E-state index >= 15 is 0 Å². The highest BCUT2D eigenvalue weighted by Gasteiger charge is 2.16. The Bertz CT molecular complexity index is 475. The fourth-order valence-electron chi connectivity index (χ4n) is 3.18. The lowest BCUT2D eigenvalue weighted by Crippen LogP contribution is -2.00. The summed E-state index contributed by atoms with van der Waals surface area (Å²) in [4.78, 5) is 0. The molecule has 3 rings (SSSR count). The normalized spacial score (nSPS) is 19.5. The molecule has 0 saturated heterocycles. The van der Waals surface area contributed by atoms with Gasteiger partial charge in [-0.05, 0) is 40.6 Å². The van der Waals surface area contributed by atoms with E-state index < -0.39 is 0 Å². The Labute approximate surface area is 106 Å². The quantitative estimate of drug-likeness (QED) is 0.603. The van der Waals surface area contributed by atoms with E-state index in [-0.39, 0.29) is 0 Å². The summed E-state index contributed by atoms with van der Waals surface area (Å²) in [6.45, 7) is 0. The third kappa shape index (κ3) is 2.43. The molecule has 1 aromatic carbocycles. The first kappa shape index (κ1) is 11.4. The van der Waals surface area contributed by atoms with E-state index in [1.165, 1.54) is 50.3 Å². The van der Waals surface area contributed by atoms with Crippen molar-refractivity contribution in [2.75, 3.05) is 0 Å². The molecule has 1 aliphatic rings. The van der Waals surface area contributed by atoms with Crippen LogP contribution in [0.1, 0.15) is 56.2 Å². The minimum atomic E-state index is 0.883. The maximum Gasteiger partial charge on any atom is -0.0109 e. The van der Waals surface area contributed by atoms with Crippen molar-refractivity contribution in [2.24, 2.45) is 0 Å². The molecule has 1 aliphatic carbocycles. The van der Waals surface area contributed by atoms with Gasteiger partial charge in [-0.1, -0.05) is 56.4 Å². The molecule has 0 nitrogen and oxygen atoms in total. The molecule has 1 heterocycles. The lowest BCUT2D eigenvalue weighted by molar-refractivity contribution is 0.461. The molecular formula is C16H21P. The molecule has 1 unspecified atom stereocenters. The minimum Gasteiger partial charge on any atom is -0.135 e. The van der Waals surface area contributed by atoms with Gasteiger partial charge in [-0.2, -0.15) is 0 Å². The lowest BCUT2D eigenvalue weighted by atomic mass is 9.89. The van der Waals surface area contributed by atoms with E-state index in [2.05, 4.69) is 30.1 Å². The molecule has 17 heavy (non-hydrogen) atoms. The largest absolute Gasteiger partial charge is 0.135 e. The van der Waals surface area contributed by atoms with Crippen molar-refractivity contribution >= 4 is 19.0 Å². The molecule has 0 N–H and O–H groups in total. The molecule has 2 aromatic rings. The summed E-state index contributed by atoms with van der Waals surface area (Å²) >= 11 is 0. The lowest BCUT2D eigenvalue weighted by Gasteiger charge is -2.19. The molecule has 1 fully saturated rings. The van der Waals surface area contributed by atoms with Crippen molar-refractivity contribution in [3.05, 3.63) is 35.4 Å². The number of hydrogen-bond donors (Lipinski definition) is 0. The Kier molecular flexibility index (Phi) is 3.52. The van der Waals surface area contributed by atoms with Gasteiger partial charge in [0, 0.05) is 0 Å². The maximum absolute atomic E-state index is 2.45. The van der Waals surface area contributed by atoms with Gasteiger partial charge in [0.05, 0.1) is 0 Å². The predicted octanol–water partition coefficient (Wildman–Crippen LogP) is 5.70. The highest BCUT2D eigenvalue weighted by atomic mass is 31.0. The Morgan fingerprint density at radius 1 is 0.882 bits per heavy atom. The Hall–Kier alpha value is -0.740. The van der Waals surface area contributed by atoms with E-state index in [4.69, 9.17) is 0 Å². The van der Waals surface area contributed by atoms with Crippen LogP contribution < -0.4 is 0 Å². The van der Waals surface area contributed by atoms with E-state index in [0.29, 0.717) is 0 Å². The summed E-state index contributed by atoms with van der Waals surface area (Å²) in [5.41, 5.74) is 0. The highest BCUT2D eigenvalue weighted by Crippen LogP contribution is 2.41. The van der Waals surface area contributed by atoms with Gasteiger partial charge in [0.2, 0.25) is 0 Å². The smallest absolute Gasteiger partial charge is 0.0109 e. The highest BCUT2D eigenvalue weighted by molar-refractivity contribution is 7.31. The summed E-state index contributed by atoms with van der Waals surface area (Å²) in [7, 11) is 0.955. The second-order valence-corrected chi connectivity index (χ2v) is 6.45. The molecule has 90 valence electrons. The van der Waals surface area contributed by atoms with Crippen LogP contribution in [0.3, 0.4) is 0 Å². The van der Waals surface area contributed by atoms with Crippen molar-refractivity contribution in [3.8, 4) is 0 Å². The van der Waals surface area contributed by atoms with E-state index in [1.807, 2.05) is 0 Å². The maximum atomic E-state index is 2.45. The molecule has 0 radical (unpaired) electrons. The van der Waals surface area contributed by atoms with Gasteiger partial charge in [-0.25, -0.2) is 0 Å². The first-order valence-corrected chi connectivity index (χ1v) is 8.09. The predicted molar refractivity (Wildman–Crippen MR) is 78.5 cm³/mol. The number of benzene rings is 1. The third-order valence-electron chi connectivity index (χ3n) is 4.15. The zero-order valence-corrected chi connectivity index (χ0v) is 11.4. The van der Waals surface area contributed by atoms with Crippen LogP contribution in [0.5, 0.6) is 0 Å². The Morgan fingerprint density at radius 2 is 1.59 bits per heavy atom. The van der Waals surface area contributed by atoms with Crippen molar-refractivity contribution in [1.29, 1.82) is 0 Å². The molecular weight excluding hydrogens is 223 g/mol. The zero-order valence-electron chi connectivity index (χ0n) is 10.4. The van der Waals surface area contributed by atoms with Crippen molar-refractivity contribution in [3.63, 3.8) is 0 Å². The van der Waals surface area contributed by atoms with Crippen LogP contribution in [-0.2, 0) is 0 Å². The molecule has 0 amide bonds. The van der Waals surface area contributed by atoms with Crippen LogP contribution in [-0.4, -0.2) is 0 Å².